The third-order valence-corrected chi connectivity index (χ3v) is 5.51. The molecule has 2 aromatic heterocycles. The van der Waals surface area contributed by atoms with Crippen LogP contribution in [0.15, 0.2) is 71.9 Å². The van der Waals surface area contributed by atoms with Crippen molar-refractivity contribution in [2.24, 2.45) is 0 Å². The van der Waals surface area contributed by atoms with Crippen LogP contribution in [0, 0.1) is 0 Å². The van der Waals surface area contributed by atoms with Gasteiger partial charge in [0.2, 0.25) is 0 Å². The summed E-state index contributed by atoms with van der Waals surface area (Å²) in [6, 6.07) is 18.2. The summed E-state index contributed by atoms with van der Waals surface area (Å²) in [5.74, 6) is -0.0271. The summed E-state index contributed by atoms with van der Waals surface area (Å²) in [5, 5.41) is 0.943. The number of amides is 1. The Labute approximate surface area is 167 Å². The molecule has 0 saturated carbocycles. The number of hydrogen-bond acceptors (Lipinski definition) is 3. The Bertz CT molecular complexity index is 1260. The van der Waals surface area contributed by atoms with Gasteiger partial charge >= 0.3 is 0 Å². The summed E-state index contributed by atoms with van der Waals surface area (Å²) in [7, 11) is 0. The number of benzene rings is 2. The highest BCUT2D eigenvalue weighted by atomic mass is 16.2. The Morgan fingerprint density at radius 1 is 1.07 bits per heavy atom. The molecule has 1 amide bonds. The second-order valence-electron chi connectivity index (χ2n) is 7.31. The highest BCUT2D eigenvalue weighted by molar-refractivity contribution is 6.07. The lowest BCUT2D eigenvalue weighted by atomic mass is 10.1. The molecule has 0 spiro atoms. The van der Waals surface area contributed by atoms with Gasteiger partial charge in [-0.3, -0.25) is 9.59 Å². The molecule has 5 rings (SSSR count). The molecular formula is C23H20N4O2. The van der Waals surface area contributed by atoms with E-state index in [1.54, 1.807) is 4.90 Å². The van der Waals surface area contributed by atoms with E-state index < -0.39 is 0 Å². The van der Waals surface area contributed by atoms with Crippen LogP contribution in [0.4, 0.5) is 0 Å². The summed E-state index contributed by atoms with van der Waals surface area (Å²) in [6.45, 7) is 1.57. The maximum atomic E-state index is 13.4. The van der Waals surface area contributed by atoms with Crippen molar-refractivity contribution in [1.82, 2.24) is 19.4 Å². The number of fused-ring (bicyclic) bond motifs is 2. The van der Waals surface area contributed by atoms with E-state index in [4.69, 9.17) is 0 Å². The molecule has 4 aromatic rings. The van der Waals surface area contributed by atoms with Gasteiger partial charge in [-0.1, -0.05) is 48.5 Å². The van der Waals surface area contributed by atoms with Crippen LogP contribution in [-0.2, 0) is 19.5 Å². The van der Waals surface area contributed by atoms with Crippen molar-refractivity contribution in [3.63, 3.8) is 0 Å². The van der Waals surface area contributed by atoms with Gasteiger partial charge in [-0.05, 0) is 18.1 Å². The van der Waals surface area contributed by atoms with Crippen LogP contribution in [-0.4, -0.2) is 31.9 Å². The smallest absolute Gasteiger partial charge is 0.256 e. The van der Waals surface area contributed by atoms with Crippen LogP contribution in [0.1, 0.15) is 27.2 Å². The molecule has 144 valence electrons. The number of aromatic nitrogens is 3. The molecule has 3 heterocycles. The second-order valence-corrected chi connectivity index (χ2v) is 7.31. The molecule has 1 N–H and O–H groups in total. The average molecular weight is 384 g/mol. The number of aromatic amines is 1. The van der Waals surface area contributed by atoms with E-state index >= 15 is 0 Å². The Morgan fingerprint density at radius 2 is 1.86 bits per heavy atom. The summed E-state index contributed by atoms with van der Waals surface area (Å²) in [6.07, 6.45) is 3.87. The fourth-order valence-corrected chi connectivity index (χ4v) is 4.04. The summed E-state index contributed by atoms with van der Waals surface area (Å²) in [4.78, 5) is 34.0. The van der Waals surface area contributed by atoms with Gasteiger partial charge in [0.1, 0.15) is 0 Å². The molecule has 0 atom stereocenters. The normalized spacial score (nSPS) is 13.4. The number of H-pyrrole nitrogens is 1. The second kappa shape index (κ2) is 7.05. The van der Waals surface area contributed by atoms with E-state index in [-0.39, 0.29) is 11.5 Å². The maximum Gasteiger partial charge on any atom is 0.256 e. The van der Waals surface area contributed by atoms with Crippen molar-refractivity contribution in [1.29, 1.82) is 0 Å². The van der Waals surface area contributed by atoms with E-state index in [1.165, 1.54) is 11.9 Å². The zero-order valence-corrected chi connectivity index (χ0v) is 15.8. The number of carbonyl (C=O) groups excluding carboxylic acids is 1. The Balaban J connectivity index is 1.50. The lowest BCUT2D eigenvalue weighted by Crippen LogP contribution is -2.38. The number of nitrogens with zero attached hydrogens (tertiary/aromatic N) is 3. The molecule has 0 saturated heterocycles. The number of rotatable bonds is 3. The zero-order chi connectivity index (χ0) is 19.8. The molecule has 29 heavy (non-hydrogen) atoms. The van der Waals surface area contributed by atoms with Crippen LogP contribution in [0.25, 0.3) is 10.9 Å². The van der Waals surface area contributed by atoms with Crippen LogP contribution < -0.4 is 5.56 Å². The zero-order valence-electron chi connectivity index (χ0n) is 15.8. The van der Waals surface area contributed by atoms with Crippen molar-refractivity contribution in [2.45, 2.75) is 19.5 Å². The first-order valence-corrected chi connectivity index (χ1v) is 9.67. The lowest BCUT2D eigenvalue weighted by molar-refractivity contribution is 0.0733. The monoisotopic (exact) mass is 384 g/mol. The van der Waals surface area contributed by atoms with Gasteiger partial charge in [-0.25, -0.2) is 4.98 Å². The van der Waals surface area contributed by atoms with Gasteiger partial charge in [0.15, 0.2) is 0 Å². The third kappa shape index (κ3) is 3.12. The molecule has 1 aliphatic heterocycles. The summed E-state index contributed by atoms with van der Waals surface area (Å²) >= 11 is 0. The standard InChI is InChI=1S/C23H20N4O2/c28-22-18-10-11-26(14-20(18)24-15-25-22)23(29)19-13-27(12-16-6-2-1-3-7-16)21-9-5-4-8-17(19)21/h1-9,13,15H,10-12,14H2,(H,24,25,28). The number of para-hydroxylation sites is 1. The van der Waals surface area contributed by atoms with Gasteiger partial charge in [-0.2, -0.15) is 0 Å². The predicted molar refractivity (Wildman–Crippen MR) is 111 cm³/mol. The minimum atomic E-state index is -0.110. The molecule has 0 aliphatic carbocycles. The SMILES string of the molecule is O=C(c1cn(Cc2ccccc2)c2ccccc12)N1CCc2c(nc[nH]c2=O)C1. The van der Waals surface area contributed by atoms with Crippen molar-refractivity contribution in [3.8, 4) is 0 Å². The van der Waals surface area contributed by atoms with Crippen molar-refractivity contribution in [3.05, 3.63) is 99.9 Å². The topological polar surface area (TPSA) is 71.0 Å². The molecule has 0 bridgehead atoms. The van der Waals surface area contributed by atoms with E-state index in [0.717, 1.165) is 10.9 Å². The minimum Gasteiger partial charge on any atom is -0.342 e. The first kappa shape index (κ1) is 17.4. The lowest BCUT2D eigenvalue weighted by Gasteiger charge is -2.27. The highest BCUT2D eigenvalue weighted by Gasteiger charge is 2.26. The van der Waals surface area contributed by atoms with Crippen molar-refractivity contribution >= 4 is 16.8 Å². The average Bonchev–Trinajstić information content (AvgIpc) is 3.12. The molecule has 6 nitrogen and oxygen atoms in total. The fraction of sp³-hybridized carbons (Fsp3) is 0.174. The number of carbonyl (C=O) groups is 1. The Morgan fingerprint density at radius 3 is 2.72 bits per heavy atom. The van der Waals surface area contributed by atoms with E-state index in [1.807, 2.05) is 48.7 Å². The van der Waals surface area contributed by atoms with Gasteiger partial charge < -0.3 is 14.5 Å². The van der Waals surface area contributed by atoms with Crippen LogP contribution in [0.5, 0.6) is 0 Å². The Hall–Kier alpha value is -3.67. The van der Waals surface area contributed by atoms with Gasteiger partial charge in [0.05, 0.1) is 24.1 Å². The Kier molecular flexibility index (Phi) is 4.24. The maximum absolute atomic E-state index is 13.4. The first-order chi connectivity index (χ1) is 14.2. The van der Waals surface area contributed by atoms with E-state index in [0.29, 0.717) is 42.9 Å². The van der Waals surface area contributed by atoms with Crippen LogP contribution >= 0.6 is 0 Å². The molecule has 0 unspecified atom stereocenters. The quantitative estimate of drug-likeness (QED) is 0.590. The van der Waals surface area contributed by atoms with Crippen molar-refractivity contribution in [2.75, 3.05) is 6.54 Å². The van der Waals surface area contributed by atoms with Crippen molar-refractivity contribution < 1.29 is 4.79 Å². The van der Waals surface area contributed by atoms with Crippen LogP contribution in [0.3, 0.4) is 0 Å². The fourth-order valence-electron chi connectivity index (χ4n) is 4.04. The largest absolute Gasteiger partial charge is 0.342 e. The molecule has 0 fully saturated rings. The third-order valence-electron chi connectivity index (χ3n) is 5.51. The summed E-state index contributed by atoms with van der Waals surface area (Å²) < 4.78 is 2.12. The van der Waals surface area contributed by atoms with Crippen LogP contribution in [0.2, 0.25) is 0 Å². The van der Waals surface area contributed by atoms with Gasteiger partial charge in [-0.15, -0.1) is 0 Å². The predicted octanol–water partition coefficient (Wildman–Crippen LogP) is 2.97. The number of hydrogen-bond donors (Lipinski definition) is 1. The first-order valence-electron chi connectivity index (χ1n) is 9.67. The number of nitrogens with one attached hydrogen (secondary N) is 1. The molecule has 0 radical (unpaired) electrons. The van der Waals surface area contributed by atoms with E-state index in [2.05, 4.69) is 26.7 Å². The molecular weight excluding hydrogens is 364 g/mol. The van der Waals surface area contributed by atoms with Gasteiger partial charge in [0, 0.05) is 35.8 Å². The molecule has 2 aromatic carbocycles. The van der Waals surface area contributed by atoms with E-state index in [9.17, 15) is 9.59 Å². The minimum absolute atomic E-state index is 0.0271. The highest BCUT2D eigenvalue weighted by Crippen LogP contribution is 2.25. The molecule has 6 heteroatoms. The van der Waals surface area contributed by atoms with Gasteiger partial charge in [0.25, 0.3) is 11.5 Å². The summed E-state index contributed by atoms with van der Waals surface area (Å²) in [5.41, 5.74) is 4.16. The molecule has 1 aliphatic rings.